The largest absolute Gasteiger partial charge is 0.383 e. The Bertz CT molecular complexity index is 542. The van der Waals surface area contributed by atoms with Crippen molar-refractivity contribution in [2.24, 2.45) is 0 Å². The molecule has 0 fully saturated rings. The molecule has 2 rings (SSSR count). The van der Waals surface area contributed by atoms with Crippen LogP contribution in [0.2, 0.25) is 0 Å². The van der Waals surface area contributed by atoms with E-state index in [1.807, 2.05) is 20.2 Å². The molecule has 2 aromatic rings. The van der Waals surface area contributed by atoms with Crippen LogP contribution in [0.5, 0.6) is 0 Å². The van der Waals surface area contributed by atoms with Crippen LogP contribution in [0.15, 0.2) is 30.3 Å². The summed E-state index contributed by atoms with van der Waals surface area (Å²) < 4.78 is 5.12. The molecule has 0 aliphatic rings. The Kier molecular flexibility index (Phi) is 4.71. The highest BCUT2D eigenvalue weighted by Gasteiger charge is 2.08. The maximum atomic E-state index is 5.12. The Morgan fingerprint density at radius 2 is 2.11 bits per heavy atom. The molecule has 0 atom stereocenters. The van der Waals surface area contributed by atoms with Crippen molar-refractivity contribution in [2.75, 3.05) is 39.3 Å². The summed E-state index contributed by atoms with van der Waals surface area (Å²) in [6.45, 7) is 2.38. The lowest BCUT2D eigenvalue weighted by molar-refractivity contribution is 0.206. The summed E-state index contributed by atoms with van der Waals surface area (Å²) in [6, 6.07) is 10.4. The minimum absolute atomic E-state index is 0.701. The van der Waals surface area contributed by atoms with E-state index >= 15 is 0 Å². The Hall–Kier alpha value is -1.65. The summed E-state index contributed by atoms with van der Waals surface area (Å²) in [7, 11) is 5.72. The first-order valence-electron chi connectivity index (χ1n) is 6.49. The van der Waals surface area contributed by atoms with Gasteiger partial charge in [0.25, 0.3) is 0 Å². The van der Waals surface area contributed by atoms with Gasteiger partial charge in [-0.25, -0.2) is 4.98 Å². The lowest BCUT2D eigenvalue weighted by Crippen LogP contribution is -2.23. The number of hydrogen-bond donors (Lipinski definition) is 1. The number of para-hydroxylation sites is 1. The van der Waals surface area contributed by atoms with Crippen LogP contribution in [0, 0.1) is 0 Å². The monoisotopic (exact) mass is 259 g/mol. The second-order valence-corrected chi connectivity index (χ2v) is 4.60. The van der Waals surface area contributed by atoms with Crippen molar-refractivity contribution < 1.29 is 4.74 Å². The number of likely N-dealkylation sites (N-methyl/N-ethyl adjacent to an activating group) is 1. The molecule has 0 spiro atoms. The molecular formula is C15H21N3O. The third kappa shape index (κ3) is 3.22. The Morgan fingerprint density at radius 3 is 2.84 bits per heavy atom. The number of fused-ring (bicyclic) bond motifs is 1. The number of methoxy groups -OCH3 is 1. The fourth-order valence-electron chi connectivity index (χ4n) is 2.11. The van der Waals surface area contributed by atoms with E-state index in [-0.39, 0.29) is 0 Å². The van der Waals surface area contributed by atoms with Crippen molar-refractivity contribution in [3.63, 3.8) is 0 Å². The van der Waals surface area contributed by atoms with Crippen molar-refractivity contribution in [1.29, 1.82) is 0 Å². The highest BCUT2D eigenvalue weighted by atomic mass is 16.5. The van der Waals surface area contributed by atoms with Gasteiger partial charge in [0.1, 0.15) is 5.82 Å². The predicted molar refractivity (Wildman–Crippen MR) is 79.7 cm³/mol. The highest BCUT2D eigenvalue weighted by molar-refractivity contribution is 5.84. The normalized spacial score (nSPS) is 10.9. The zero-order valence-electron chi connectivity index (χ0n) is 11.8. The van der Waals surface area contributed by atoms with Gasteiger partial charge >= 0.3 is 0 Å². The molecule has 0 aliphatic heterocycles. The Labute approximate surface area is 114 Å². The molecular weight excluding hydrogens is 238 g/mol. The van der Waals surface area contributed by atoms with Gasteiger partial charge in [-0.2, -0.15) is 0 Å². The van der Waals surface area contributed by atoms with Crippen LogP contribution in [0.25, 0.3) is 10.9 Å². The summed E-state index contributed by atoms with van der Waals surface area (Å²) in [5.74, 6) is 0.987. The standard InChI is InChI=1S/C15H21N3O/c1-16-11-12-10-15(18(2)8-9-19-3)17-14-7-5-4-6-13(12)14/h4-7,10,16H,8-9,11H2,1-3H3. The number of hydrogen-bond acceptors (Lipinski definition) is 4. The number of rotatable bonds is 6. The van der Waals surface area contributed by atoms with Crippen molar-refractivity contribution in [3.8, 4) is 0 Å². The van der Waals surface area contributed by atoms with Crippen molar-refractivity contribution in [1.82, 2.24) is 10.3 Å². The fraction of sp³-hybridized carbons (Fsp3) is 0.400. The zero-order valence-corrected chi connectivity index (χ0v) is 11.8. The van der Waals surface area contributed by atoms with Gasteiger partial charge in [-0.3, -0.25) is 0 Å². The molecule has 0 radical (unpaired) electrons. The Balaban J connectivity index is 2.39. The number of ether oxygens (including phenoxy) is 1. The molecule has 102 valence electrons. The number of benzene rings is 1. The highest BCUT2D eigenvalue weighted by Crippen LogP contribution is 2.22. The van der Waals surface area contributed by atoms with Crippen molar-refractivity contribution in [3.05, 3.63) is 35.9 Å². The topological polar surface area (TPSA) is 37.4 Å². The molecule has 0 unspecified atom stereocenters. The molecule has 4 nitrogen and oxygen atoms in total. The SMILES string of the molecule is CNCc1cc(N(C)CCOC)nc2ccccc12. The van der Waals surface area contributed by atoms with Gasteiger partial charge in [-0.15, -0.1) is 0 Å². The van der Waals surface area contributed by atoms with Crippen molar-refractivity contribution in [2.45, 2.75) is 6.54 Å². The lowest BCUT2D eigenvalue weighted by Gasteiger charge is -2.19. The molecule has 1 heterocycles. The molecule has 1 aromatic carbocycles. The number of nitrogens with one attached hydrogen (secondary N) is 1. The molecule has 0 aliphatic carbocycles. The summed E-state index contributed by atoms with van der Waals surface area (Å²) in [5.41, 5.74) is 2.31. The fourth-order valence-corrected chi connectivity index (χ4v) is 2.11. The van der Waals surface area contributed by atoms with Gasteiger partial charge in [0.05, 0.1) is 12.1 Å². The van der Waals surface area contributed by atoms with Crippen LogP contribution in [0.3, 0.4) is 0 Å². The molecule has 1 aromatic heterocycles. The first-order chi connectivity index (χ1) is 9.26. The van der Waals surface area contributed by atoms with Crippen LogP contribution >= 0.6 is 0 Å². The van der Waals surface area contributed by atoms with Crippen LogP contribution < -0.4 is 10.2 Å². The van der Waals surface area contributed by atoms with E-state index in [0.717, 1.165) is 24.4 Å². The molecule has 0 amide bonds. The molecule has 0 saturated heterocycles. The van der Waals surface area contributed by atoms with E-state index in [9.17, 15) is 0 Å². The second kappa shape index (κ2) is 6.50. The van der Waals surface area contributed by atoms with E-state index in [2.05, 4.69) is 34.5 Å². The third-order valence-corrected chi connectivity index (χ3v) is 3.18. The first kappa shape index (κ1) is 13.8. The average Bonchev–Trinajstić information content (AvgIpc) is 2.45. The van der Waals surface area contributed by atoms with E-state index in [1.165, 1.54) is 10.9 Å². The van der Waals surface area contributed by atoms with Crippen LogP contribution in [-0.2, 0) is 11.3 Å². The Morgan fingerprint density at radius 1 is 1.32 bits per heavy atom. The number of pyridine rings is 1. The van der Waals surface area contributed by atoms with Gasteiger partial charge in [0.2, 0.25) is 0 Å². The van der Waals surface area contributed by atoms with Crippen LogP contribution in [0.4, 0.5) is 5.82 Å². The lowest BCUT2D eigenvalue weighted by atomic mass is 10.1. The van der Waals surface area contributed by atoms with E-state index in [0.29, 0.717) is 6.61 Å². The summed E-state index contributed by atoms with van der Waals surface area (Å²) in [4.78, 5) is 6.83. The van der Waals surface area contributed by atoms with E-state index in [1.54, 1.807) is 7.11 Å². The maximum absolute atomic E-state index is 5.12. The summed E-state index contributed by atoms with van der Waals surface area (Å²) in [6.07, 6.45) is 0. The minimum Gasteiger partial charge on any atom is -0.383 e. The molecule has 1 N–H and O–H groups in total. The smallest absolute Gasteiger partial charge is 0.129 e. The quantitative estimate of drug-likeness (QED) is 0.861. The number of aromatic nitrogens is 1. The summed E-state index contributed by atoms with van der Waals surface area (Å²) >= 11 is 0. The second-order valence-electron chi connectivity index (χ2n) is 4.60. The molecule has 19 heavy (non-hydrogen) atoms. The van der Waals surface area contributed by atoms with Crippen LogP contribution in [-0.4, -0.2) is 39.3 Å². The molecule has 0 bridgehead atoms. The predicted octanol–water partition coefficient (Wildman–Crippen LogP) is 2.04. The average molecular weight is 259 g/mol. The van der Waals surface area contributed by atoms with Crippen molar-refractivity contribution >= 4 is 16.7 Å². The minimum atomic E-state index is 0.701. The number of nitrogens with zero attached hydrogens (tertiary/aromatic N) is 2. The number of anilines is 1. The van der Waals surface area contributed by atoms with Gasteiger partial charge in [0.15, 0.2) is 0 Å². The molecule has 4 heteroatoms. The van der Waals surface area contributed by atoms with E-state index < -0.39 is 0 Å². The van der Waals surface area contributed by atoms with Gasteiger partial charge in [0, 0.05) is 32.6 Å². The summed E-state index contributed by atoms with van der Waals surface area (Å²) in [5, 5.41) is 4.42. The third-order valence-electron chi connectivity index (χ3n) is 3.18. The zero-order chi connectivity index (χ0) is 13.7. The van der Waals surface area contributed by atoms with Gasteiger partial charge in [-0.05, 0) is 24.7 Å². The van der Waals surface area contributed by atoms with Gasteiger partial charge < -0.3 is 15.0 Å². The first-order valence-corrected chi connectivity index (χ1v) is 6.49. The van der Waals surface area contributed by atoms with Crippen LogP contribution in [0.1, 0.15) is 5.56 Å². The van der Waals surface area contributed by atoms with Gasteiger partial charge in [-0.1, -0.05) is 18.2 Å². The van der Waals surface area contributed by atoms with E-state index in [4.69, 9.17) is 9.72 Å². The molecule has 0 saturated carbocycles. The maximum Gasteiger partial charge on any atom is 0.129 e.